The number of likely N-dealkylation sites (tertiary alicyclic amines) is 1. The fourth-order valence-electron chi connectivity index (χ4n) is 3.52. The number of anilines is 1. The zero-order chi connectivity index (χ0) is 12.8. The molecule has 1 heterocycles. The van der Waals surface area contributed by atoms with Crippen molar-refractivity contribution < 1.29 is 5.11 Å². The number of fused-ring (bicyclic) bond motifs is 1. The third kappa shape index (κ3) is 2.13. The summed E-state index contributed by atoms with van der Waals surface area (Å²) in [4.78, 5) is 2.45. The van der Waals surface area contributed by atoms with Crippen LogP contribution in [0.4, 0.5) is 5.69 Å². The molecule has 1 aromatic rings. The molecule has 1 saturated heterocycles. The van der Waals surface area contributed by atoms with Crippen molar-refractivity contribution in [2.45, 2.75) is 44.2 Å². The van der Waals surface area contributed by atoms with Crippen molar-refractivity contribution in [3.8, 4) is 0 Å². The number of nitrogens with two attached hydrogens (primary N) is 1. The minimum Gasteiger partial charge on any atom is -0.399 e. The summed E-state index contributed by atoms with van der Waals surface area (Å²) in [6.45, 7) is 3.85. The highest BCUT2D eigenvalue weighted by molar-refractivity contribution is 5.47. The Bertz CT molecular complexity index is 456. The Morgan fingerprint density at radius 2 is 2.28 bits per heavy atom. The molecule has 0 bridgehead atoms. The van der Waals surface area contributed by atoms with Gasteiger partial charge in [0.25, 0.3) is 0 Å². The van der Waals surface area contributed by atoms with Crippen LogP contribution in [0.5, 0.6) is 0 Å². The van der Waals surface area contributed by atoms with Crippen molar-refractivity contribution in [1.29, 1.82) is 0 Å². The Balaban J connectivity index is 1.83. The number of nitrogen functional groups attached to an aromatic ring is 1. The van der Waals surface area contributed by atoms with Crippen LogP contribution in [0, 0.1) is 0 Å². The van der Waals surface area contributed by atoms with Crippen LogP contribution in [0.15, 0.2) is 18.2 Å². The summed E-state index contributed by atoms with van der Waals surface area (Å²) < 4.78 is 0. The van der Waals surface area contributed by atoms with Crippen LogP contribution < -0.4 is 5.73 Å². The predicted octanol–water partition coefficient (Wildman–Crippen LogP) is 2.10. The molecule has 0 saturated carbocycles. The van der Waals surface area contributed by atoms with Gasteiger partial charge in [-0.15, -0.1) is 0 Å². The van der Waals surface area contributed by atoms with Gasteiger partial charge in [-0.1, -0.05) is 6.07 Å². The van der Waals surface area contributed by atoms with Crippen molar-refractivity contribution >= 4 is 5.69 Å². The van der Waals surface area contributed by atoms with Gasteiger partial charge in [0.15, 0.2) is 0 Å². The molecule has 0 amide bonds. The SMILES string of the molecule is CC1(O)CCCN(C2CCc3cc(N)ccc32)C1. The van der Waals surface area contributed by atoms with Gasteiger partial charge in [0.2, 0.25) is 0 Å². The summed E-state index contributed by atoms with van der Waals surface area (Å²) in [5, 5.41) is 10.2. The van der Waals surface area contributed by atoms with Gasteiger partial charge >= 0.3 is 0 Å². The van der Waals surface area contributed by atoms with Crippen molar-refractivity contribution in [3.63, 3.8) is 0 Å². The number of piperidine rings is 1. The molecule has 0 aromatic heterocycles. The van der Waals surface area contributed by atoms with E-state index in [4.69, 9.17) is 5.73 Å². The van der Waals surface area contributed by atoms with Crippen LogP contribution in [-0.2, 0) is 6.42 Å². The van der Waals surface area contributed by atoms with Crippen molar-refractivity contribution in [1.82, 2.24) is 4.90 Å². The van der Waals surface area contributed by atoms with Crippen molar-refractivity contribution in [2.75, 3.05) is 18.8 Å². The Hall–Kier alpha value is -1.06. The van der Waals surface area contributed by atoms with Gasteiger partial charge in [-0.2, -0.15) is 0 Å². The van der Waals surface area contributed by atoms with Crippen LogP contribution in [0.2, 0.25) is 0 Å². The van der Waals surface area contributed by atoms with E-state index in [1.165, 1.54) is 11.1 Å². The van der Waals surface area contributed by atoms with Crippen molar-refractivity contribution in [2.24, 2.45) is 0 Å². The van der Waals surface area contributed by atoms with E-state index in [0.29, 0.717) is 6.04 Å². The Morgan fingerprint density at radius 1 is 1.44 bits per heavy atom. The molecule has 2 atom stereocenters. The summed E-state index contributed by atoms with van der Waals surface area (Å²) >= 11 is 0. The molecule has 0 radical (unpaired) electrons. The van der Waals surface area contributed by atoms with Gasteiger partial charge in [0.05, 0.1) is 5.60 Å². The maximum atomic E-state index is 10.2. The van der Waals surface area contributed by atoms with Gasteiger partial charge in [-0.25, -0.2) is 0 Å². The molecule has 98 valence electrons. The van der Waals surface area contributed by atoms with Gasteiger partial charge < -0.3 is 10.8 Å². The maximum absolute atomic E-state index is 10.2. The lowest BCUT2D eigenvalue weighted by Crippen LogP contribution is -2.47. The zero-order valence-corrected chi connectivity index (χ0v) is 11.0. The van der Waals surface area contributed by atoms with E-state index < -0.39 is 5.60 Å². The second-order valence-electron chi connectivity index (χ2n) is 6.08. The van der Waals surface area contributed by atoms with Gasteiger partial charge in [0.1, 0.15) is 0 Å². The van der Waals surface area contributed by atoms with E-state index in [9.17, 15) is 5.11 Å². The Morgan fingerprint density at radius 3 is 3.06 bits per heavy atom. The number of aryl methyl sites for hydroxylation is 1. The quantitative estimate of drug-likeness (QED) is 0.746. The third-order valence-corrected chi connectivity index (χ3v) is 4.36. The van der Waals surface area contributed by atoms with Gasteiger partial charge in [-0.05, 0) is 62.4 Å². The van der Waals surface area contributed by atoms with E-state index in [1.54, 1.807) is 0 Å². The molecule has 1 aliphatic carbocycles. The van der Waals surface area contributed by atoms with Crippen molar-refractivity contribution in [3.05, 3.63) is 29.3 Å². The van der Waals surface area contributed by atoms with E-state index in [1.807, 2.05) is 13.0 Å². The monoisotopic (exact) mass is 246 g/mol. The fraction of sp³-hybridized carbons (Fsp3) is 0.600. The molecule has 2 aliphatic rings. The maximum Gasteiger partial charge on any atom is 0.0746 e. The number of rotatable bonds is 1. The minimum absolute atomic E-state index is 0.479. The second kappa shape index (κ2) is 4.25. The molecular formula is C15H22N2O. The van der Waals surface area contributed by atoms with Gasteiger partial charge in [-0.3, -0.25) is 4.90 Å². The number of benzene rings is 1. The first-order valence-electron chi connectivity index (χ1n) is 6.90. The highest BCUT2D eigenvalue weighted by Gasteiger charge is 2.35. The highest BCUT2D eigenvalue weighted by Crippen LogP contribution is 2.39. The van der Waals surface area contributed by atoms with Gasteiger partial charge in [0, 0.05) is 18.3 Å². The lowest BCUT2D eigenvalue weighted by atomic mass is 9.93. The summed E-state index contributed by atoms with van der Waals surface area (Å²) in [7, 11) is 0. The minimum atomic E-state index is -0.519. The summed E-state index contributed by atoms with van der Waals surface area (Å²) in [5.74, 6) is 0. The van der Waals surface area contributed by atoms with Crippen LogP contribution in [-0.4, -0.2) is 28.7 Å². The first-order valence-corrected chi connectivity index (χ1v) is 6.90. The molecule has 3 nitrogen and oxygen atoms in total. The molecule has 3 rings (SSSR count). The normalized spacial score (nSPS) is 32.4. The first-order chi connectivity index (χ1) is 8.55. The fourth-order valence-corrected chi connectivity index (χ4v) is 3.52. The second-order valence-corrected chi connectivity index (χ2v) is 6.08. The molecular weight excluding hydrogens is 224 g/mol. The molecule has 1 aliphatic heterocycles. The lowest BCUT2D eigenvalue weighted by Gasteiger charge is -2.40. The van der Waals surface area contributed by atoms with E-state index >= 15 is 0 Å². The summed E-state index contributed by atoms with van der Waals surface area (Å²) in [6, 6.07) is 6.76. The molecule has 2 unspecified atom stereocenters. The number of aliphatic hydroxyl groups is 1. The van der Waals surface area contributed by atoms with E-state index in [2.05, 4.69) is 17.0 Å². The van der Waals surface area contributed by atoms with Crippen LogP contribution >= 0.6 is 0 Å². The lowest BCUT2D eigenvalue weighted by molar-refractivity contribution is -0.0302. The third-order valence-electron chi connectivity index (χ3n) is 4.36. The van der Waals surface area contributed by atoms with E-state index in [0.717, 1.165) is 44.5 Å². The molecule has 3 heteroatoms. The number of hydrogen-bond donors (Lipinski definition) is 2. The number of hydrogen-bond acceptors (Lipinski definition) is 3. The Labute approximate surface area is 109 Å². The zero-order valence-electron chi connectivity index (χ0n) is 11.0. The molecule has 18 heavy (non-hydrogen) atoms. The standard InChI is InChI=1S/C15H22N2O/c1-15(18)7-2-8-17(10-15)14-6-3-11-9-12(16)4-5-13(11)14/h4-5,9,14,18H,2-3,6-8,10,16H2,1H3. The summed E-state index contributed by atoms with van der Waals surface area (Å²) in [6.07, 6.45) is 4.29. The summed E-state index contributed by atoms with van der Waals surface area (Å²) in [5.41, 5.74) is 9.00. The smallest absolute Gasteiger partial charge is 0.0746 e. The van der Waals surface area contributed by atoms with Crippen LogP contribution in [0.3, 0.4) is 0 Å². The Kier molecular flexibility index (Phi) is 2.83. The average Bonchev–Trinajstić information content (AvgIpc) is 2.70. The molecule has 1 fully saturated rings. The van der Waals surface area contributed by atoms with Crippen LogP contribution in [0.1, 0.15) is 43.4 Å². The first kappa shape index (κ1) is 12.0. The number of β-amino-alcohol motifs (C(OH)–C–C–N with tert-alkyl or cyclic N) is 1. The number of nitrogens with zero attached hydrogens (tertiary/aromatic N) is 1. The average molecular weight is 246 g/mol. The van der Waals surface area contributed by atoms with E-state index in [-0.39, 0.29) is 0 Å². The molecule has 3 N–H and O–H groups in total. The molecule has 0 spiro atoms. The van der Waals surface area contributed by atoms with Crippen LogP contribution in [0.25, 0.3) is 0 Å². The highest BCUT2D eigenvalue weighted by atomic mass is 16.3. The molecule has 1 aromatic carbocycles. The largest absolute Gasteiger partial charge is 0.399 e. The topological polar surface area (TPSA) is 49.5 Å². The predicted molar refractivity (Wildman–Crippen MR) is 73.3 cm³/mol.